The maximum atomic E-state index is 12.3. The zero-order chi connectivity index (χ0) is 31.6. The molecule has 0 unspecified atom stereocenters. The summed E-state index contributed by atoms with van der Waals surface area (Å²) < 4.78 is 40.7. The van der Waals surface area contributed by atoms with Gasteiger partial charge in [-0.1, -0.05) is 92.6 Å². The van der Waals surface area contributed by atoms with Crippen LogP contribution in [0.25, 0.3) is 11.8 Å². The van der Waals surface area contributed by atoms with E-state index in [1.165, 1.54) is 24.3 Å². The average Bonchev–Trinajstić information content (AvgIpc) is 3.39. The van der Waals surface area contributed by atoms with Crippen molar-refractivity contribution in [3.63, 3.8) is 0 Å². The van der Waals surface area contributed by atoms with Crippen molar-refractivity contribution in [2.24, 2.45) is 5.92 Å². The van der Waals surface area contributed by atoms with Crippen LogP contribution in [0.15, 0.2) is 60.1 Å². The van der Waals surface area contributed by atoms with Crippen molar-refractivity contribution >= 4 is 34.7 Å². The van der Waals surface area contributed by atoms with Gasteiger partial charge in [-0.2, -0.15) is 0 Å². The third-order valence-corrected chi connectivity index (χ3v) is 5.64. The fourth-order valence-electron chi connectivity index (χ4n) is 3.21. The van der Waals surface area contributed by atoms with Crippen LogP contribution in [-0.2, 0) is 13.0 Å². The van der Waals surface area contributed by atoms with E-state index in [1.54, 1.807) is 0 Å². The predicted octanol–water partition coefficient (Wildman–Crippen LogP) is 10.7. The molecule has 0 saturated heterocycles. The summed E-state index contributed by atoms with van der Waals surface area (Å²) in [4.78, 5) is 7.94. The number of aryl methyl sites for hydroxylation is 1. The molecule has 0 aliphatic rings. The van der Waals surface area contributed by atoms with Crippen LogP contribution in [0.5, 0.6) is 5.75 Å². The highest BCUT2D eigenvalue weighted by Crippen LogP contribution is 2.26. The number of allylic oxidation sites excluding steroid dienone is 1. The third kappa shape index (κ3) is 13.7. The standard InChI is InChI=1S/C26H28ClF3N4O.3C2H6/c1-5-23-25(34-24(33-23)14-22(27)16(2)3)17(4)31-15-18-6-8-19(9-7-18)32-20-10-12-21(13-11-20)35-26(28,29)30;3*1-2/h6-14,16,31-32H,4-5,15H2,1-3H3,(H,33,34);3*1-2H3/b22-14+;;;. The molecular weight excluding hydrogens is 549 g/mol. The van der Waals surface area contributed by atoms with Crippen LogP contribution in [0.4, 0.5) is 24.5 Å². The first-order valence-electron chi connectivity index (χ1n) is 14.1. The number of halogens is 4. The van der Waals surface area contributed by atoms with E-state index < -0.39 is 6.36 Å². The Kier molecular flexibility index (Phi) is 18.0. The second-order valence-electron chi connectivity index (χ2n) is 8.21. The first-order valence-corrected chi connectivity index (χ1v) is 14.5. The minimum atomic E-state index is -4.71. The normalized spacial score (nSPS) is 10.7. The maximum Gasteiger partial charge on any atom is 0.573 e. The highest BCUT2D eigenvalue weighted by Gasteiger charge is 2.30. The van der Waals surface area contributed by atoms with Gasteiger partial charge in [0.05, 0.1) is 5.70 Å². The molecule has 3 N–H and O–H groups in total. The van der Waals surface area contributed by atoms with Gasteiger partial charge in [-0.05, 0) is 60.4 Å². The molecule has 0 bridgehead atoms. The molecule has 3 aromatic rings. The Balaban J connectivity index is 0.00000250. The number of H-pyrrole nitrogens is 1. The van der Waals surface area contributed by atoms with Crippen molar-refractivity contribution in [3.8, 4) is 5.75 Å². The summed E-state index contributed by atoms with van der Waals surface area (Å²) in [7, 11) is 0. The zero-order valence-electron chi connectivity index (χ0n) is 25.8. The van der Waals surface area contributed by atoms with Gasteiger partial charge in [0.15, 0.2) is 0 Å². The summed E-state index contributed by atoms with van der Waals surface area (Å²) in [5, 5.41) is 7.19. The summed E-state index contributed by atoms with van der Waals surface area (Å²) in [5.41, 5.74) is 4.95. The minimum Gasteiger partial charge on any atom is -0.406 e. The Hall–Kier alpha value is -3.39. The number of nitrogens with one attached hydrogen (secondary N) is 3. The molecule has 0 aliphatic carbocycles. The van der Waals surface area contributed by atoms with E-state index in [0.29, 0.717) is 23.8 Å². The quantitative estimate of drug-likeness (QED) is 0.218. The van der Waals surface area contributed by atoms with Crippen LogP contribution in [0.1, 0.15) is 85.1 Å². The zero-order valence-corrected chi connectivity index (χ0v) is 26.5. The Morgan fingerprint density at radius 3 is 1.95 bits per heavy atom. The van der Waals surface area contributed by atoms with Gasteiger partial charge in [0, 0.05) is 28.6 Å². The van der Waals surface area contributed by atoms with Crippen molar-refractivity contribution < 1.29 is 17.9 Å². The summed E-state index contributed by atoms with van der Waals surface area (Å²) in [6.45, 7) is 22.8. The van der Waals surface area contributed by atoms with Crippen molar-refractivity contribution in [1.82, 2.24) is 15.3 Å². The maximum absolute atomic E-state index is 12.3. The van der Waals surface area contributed by atoms with Crippen LogP contribution >= 0.6 is 11.6 Å². The molecular formula is C32H46ClF3N4O. The number of hydrogen-bond acceptors (Lipinski definition) is 4. The van der Waals surface area contributed by atoms with Crippen molar-refractivity contribution in [2.75, 3.05) is 5.32 Å². The Morgan fingerprint density at radius 1 is 0.976 bits per heavy atom. The van der Waals surface area contributed by atoms with Crippen molar-refractivity contribution in [3.05, 3.63) is 82.9 Å². The number of imidazole rings is 1. The number of aromatic nitrogens is 2. The summed E-state index contributed by atoms with van der Waals surface area (Å²) in [6, 6.07) is 13.2. The van der Waals surface area contributed by atoms with Crippen LogP contribution in [0, 0.1) is 5.92 Å². The largest absolute Gasteiger partial charge is 0.573 e. The lowest BCUT2D eigenvalue weighted by molar-refractivity contribution is -0.274. The first-order chi connectivity index (χ1) is 19.5. The Morgan fingerprint density at radius 2 is 1.49 bits per heavy atom. The molecule has 41 heavy (non-hydrogen) atoms. The second kappa shape index (κ2) is 19.6. The fraction of sp³-hybridized carbons (Fsp3) is 0.406. The topological polar surface area (TPSA) is 62.0 Å². The van der Waals surface area contributed by atoms with Crippen molar-refractivity contribution in [1.29, 1.82) is 0 Å². The van der Waals surface area contributed by atoms with Gasteiger partial charge in [0.25, 0.3) is 0 Å². The highest BCUT2D eigenvalue weighted by atomic mass is 35.5. The number of aromatic amines is 1. The predicted molar refractivity (Wildman–Crippen MR) is 169 cm³/mol. The van der Waals surface area contributed by atoms with Gasteiger partial charge in [-0.15, -0.1) is 13.2 Å². The first kappa shape index (κ1) is 37.6. The average molecular weight is 595 g/mol. The second-order valence-corrected chi connectivity index (χ2v) is 8.65. The number of benzene rings is 2. The number of alkyl halides is 3. The number of hydrogen-bond donors (Lipinski definition) is 3. The highest BCUT2D eigenvalue weighted by molar-refractivity contribution is 6.31. The lowest BCUT2D eigenvalue weighted by Crippen LogP contribution is -2.16. The fourth-order valence-corrected chi connectivity index (χ4v) is 3.31. The van der Waals surface area contributed by atoms with Gasteiger partial charge < -0.3 is 20.4 Å². The van der Waals surface area contributed by atoms with E-state index in [0.717, 1.165) is 34.1 Å². The molecule has 228 valence electrons. The van der Waals surface area contributed by atoms with E-state index in [1.807, 2.05) is 92.7 Å². The van der Waals surface area contributed by atoms with Gasteiger partial charge in [0.2, 0.25) is 0 Å². The molecule has 3 rings (SSSR count). The van der Waals surface area contributed by atoms with Crippen molar-refractivity contribution in [2.45, 2.75) is 81.6 Å². The summed E-state index contributed by atoms with van der Waals surface area (Å²) >= 11 is 6.28. The monoisotopic (exact) mass is 594 g/mol. The Bertz CT molecular complexity index is 1170. The van der Waals surface area contributed by atoms with Crippen LogP contribution in [-0.4, -0.2) is 16.3 Å². The van der Waals surface area contributed by atoms with E-state index in [9.17, 15) is 13.2 Å². The van der Waals surface area contributed by atoms with Gasteiger partial charge in [-0.25, -0.2) is 4.98 Å². The number of nitrogens with zero attached hydrogens (tertiary/aromatic N) is 1. The molecule has 0 atom stereocenters. The van der Waals surface area contributed by atoms with Gasteiger partial charge in [0.1, 0.15) is 17.3 Å². The van der Waals surface area contributed by atoms with E-state index in [4.69, 9.17) is 11.6 Å². The van der Waals surface area contributed by atoms with Crippen LogP contribution in [0.2, 0.25) is 0 Å². The molecule has 0 spiro atoms. The molecule has 0 amide bonds. The van der Waals surface area contributed by atoms with E-state index >= 15 is 0 Å². The molecule has 0 radical (unpaired) electrons. The van der Waals surface area contributed by atoms with E-state index in [2.05, 4.69) is 31.9 Å². The molecule has 0 saturated carbocycles. The molecule has 9 heteroatoms. The Labute approximate surface area is 249 Å². The summed E-state index contributed by atoms with van der Waals surface area (Å²) in [5.74, 6) is 0.655. The number of ether oxygens (including phenoxy) is 1. The lowest BCUT2D eigenvalue weighted by atomic mass is 10.1. The third-order valence-electron chi connectivity index (χ3n) is 5.10. The van der Waals surface area contributed by atoms with Crippen LogP contribution < -0.4 is 15.4 Å². The van der Waals surface area contributed by atoms with Crippen LogP contribution in [0.3, 0.4) is 0 Å². The minimum absolute atomic E-state index is 0.219. The van der Waals surface area contributed by atoms with Gasteiger partial charge in [-0.3, -0.25) is 0 Å². The molecule has 1 heterocycles. The van der Waals surface area contributed by atoms with Gasteiger partial charge >= 0.3 is 6.36 Å². The summed E-state index contributed by atoms with van der Waals surface area (Å²) in [6.07, 6.45) is -2.09. The molecule has 5 nitrogen and oxygen atoms in total. The molecule has 0 aliphatic heterocycles. The smallest absolute Gasteiger partial charge is 0.406 e. The molecule has 0 fully saturated rings. The number of anilines is 2. The molecule has 1 aromatic heterocycles. The number of rotatable bonds is 10. The van der Waals surface area contributed by atoms with E-state index in [-0.39, 0.29) is 11.7 Å². The lowest BCUT2D eigenvalue weighted by Gasteiger charge is -2.12. The molecule has 2 aromatic carbocycles. The SMILES string of the molecule is C=C(NCc1ccc(Nc2ccc(OC(F)(F)F)cc2)cc1)c1nc(/C=C(/Cl)C(C)C)[nH]c1CC.CC.CC.CC.